The van der Waals surface area contributed by atoms with E-state index in [1.165, 1.54) is 12.4 Å². The van der Waals surface area contributed by atoms with Crippen molar-refractivity contribution in [2.24, 2.45) is 0 Å². The molecule has 106 valence electrons. The molecule has 1 aromatic rings. The molecule has 0 spiro atoms. The summed E-state index contributed by atoms with van der Waals surface area (Å²) in [7, 11) is 0. The highest BCUT2D eigenvalue weighted by Gasteiger charge is 2.36. The Morgan fingerprint density at radius 2 is 2.16 bits per heavy atom. The molecule has 2 atom stereocenters. The van der Waals surface area contributed by atoms with Gasteiger partial charge in [-0.2, -0.15) is 13.2 Å². The van der Waals surface area contributed by atoms with Gasteiger partial charge in [-0.3, -0.25) is 4.98 Å². The second-order valence-corrected chi connectivity index (χ2v) is 5.08. The lowest BCUT2D eigenvalue weighted by Crippen LogP contribution is -2.33. The van der Waals surface area contributed by atoms with Gasteiger partial charge in [0.15, 0.2) is 0 Å². The highest BCUT2D eigenvalue weighted by molar-refractivity contribution is 5.30. The van der Waals surface area contributed by atoms with Crippen LogP contribution in [-0.4, -0.2) is 17.6 Å². The maximum absolute atomic E-state index is 13.0. The van der Waals surface area contributed by atoms with Crippen molar-refractivity contribution in [2.45, 2.75) is 50.7 Å². The molecular formula is C14H19F3N2. The number of halogens is 3. The first-order chi connectivity index (χ1) is 9.02. The summed E-state index contributed by atoms with van der Waals surface area (Å²) < 4.78 is 39.0. The maximum atomic E-state index is 13.0. The van der Waals surface area contributed by atoms with Gasteiger partial charge in [0, 0.05) is 18.4 Å². The molecule has 1 aliphatic carbocycles. The molecule has 1 aromatic heterocycles. The molecule has 1 aliphatic rings. The Morgan fingerprint density at radius 3 is 2.84 bits per heavy atom. The molecule has 0 bridgehead atoms. The van der Waals surface area contributed by atoms with Gasteiger partial charge >= 0.3 is 6.18 Å². The van der Waals surface area contributed by atoms with E-state index in [0.29, 0.717) is 11.6 Å². The summed E-state index contributed by atoms with van der Waals surface area (Å²) in [5, 5.41) is 3.34. The molecule has 1 fully saturated rings. The molecular weight excluding hydrogens is 253 g/mol. The first-order valence-corrected chi connectivity index (χ1v) is 6.77. The fraction of sp³-hybridized carbons (Fsp3) is 0.643. The molecule has 2 unspecified atom stereocenters. The van der Waals surface area contributed by atoms with Gasteiger partial charge in [0.05, 0.1) is 5.56 Å². The number of hydrogen-bond acceptors (Lipinski definition) is 2. The van der Waals surface area contributed by atoms with Gasteiger partial charge in [-0.05, 0) is 43.4 Å². The van der Waals surface area contributed by atoms with Crippen LogP contribution in [0.4, 0.5) is 13.2 Å². The summed E-state index contributed by atoms with van der Waals surface area (Å²) in [5.74, 6) is -0.0388. The lowest BCUT2D eigenvalue weighted by molar-refractivity contribution is -0.138. The second kappa shape index (κ2) is 5.90. The second-order valence-electron chi connectivity index (χ2n) is 5.08. The Hall–Kier alpha value is -1.10. The Labute approximate surface area is 111 Å². The quantitative estimate of drug-likeness (QED) is 0.906. The number of hydrogen-bond donors (Lipinski definition) is 1. The van der Waals surface area contributed by atoms with Gasteiger partial charge in [-0.25, -0.2) is 0 Å². The number of rotatable bonds is 3. The molecule has 19 heavy (non-hydrogen) atoms. The third-order valence-electron chi connectivity index (χ3n) is 3.76. The maximum Gasteiger partial charge on any atom is 0.416 e. The molecule has 0 radical (unpaired) electrons. The van der Waals surface area contributed by atoms with Crippen LogP contribution in [0.15, 0.2) is 18.5 Å². The summed E-state index contributed by atoms with van der Waals surface area (Å²) >= 11 is 0. The molecule has 1 N–H and O–H groups in total. The van der Waals surface area contributed by atoms with Crippen LogP contribution in [0.1, 0.15) is 49.7 Å². The fourth-order valence-electron chi connectivity index (χ4n) is 2.94. The lowest BCUT2D eigenvalue weighted by atomic mass is 9.80. The van der Waals surface area contributed by atoms with Crippen molar-refractivity contribution in [1.29, 1.82) is 0 Å². The molecule has 2 nitrogen and oxygen atoms in total. The minimum Gasteiger partial charge on any atom is -0.314 e. The zero-order chi connectivity index (χ0) is 13.9. The standard InChI is InChI=1S/C14H19F3N2/c1-2-19-11-5-3-4-10(8-11)12-9-18-7-6-13(12)14(15,16)17/h6-7,9-11,19H,2-5,8H2,1H3. The minimum atomic E-state index is -4.29. The van der Waals surface area contributed by atoms with Crippen molar-refractivity contribution < 1.29 is 13.2 Å². The van der Waals surface area contributed by atoms with E-state index in [4.69, 9.17) is 0 Å². The summed E-state index contributed by atoms with van der Waals surface area (Å²) in [6, 6.07) is 1.41. The Balaban J connectivity index is 2.21. The first kappa shape index (κ1) is 14.3. The molecule has 0 aliphatic heterocycles. The van der Waals surface area contributed by atoms with Crippen LogP contribution in [0.3, 0.4) is 0 Å². The third kappa shape index (κ3) is 3.47. The highest BCUT2D eigenvalue weighted by Crippen LogP contribution is 2.40. The predicted octanol–water partition coefficient (Wildman–Crippen LogP) is 3.74. The van der Waals surface area contributed by atoms with Crippen LogP contribution in [0, 0.1) is 0 Å². The van der Waals surface area contributed by atoms with Crippen LogP contribution in [0.5, 0.6) is 0 Å². The van der Waals surface area contributed by atoms with Crippen molar-refractivity contribution in [1.82, 2.24) is 10.3 Å². The van der Waals surface area contributed by atoms with E-state index < -0.39 is 11.7 Å². The molecule has 0 amide bonds. The number of pyridine rings is 1. The van der Waals surface area contributed by atoms with E-state index in [0.717, 1.165) is 38.3 Å². The van der Waals surface area contributed by atoms with E-state index in [-0.39, 0.29) is 5.92 Å². The zero-order valence-electron chi connectivity index (χ0n) is 11.0. The predicted molar refractivity (Wildman–Crippen MR) is 67.9 cm³/mol. The van der Waals surface area contributed by atoms with E-state index in [1.807, 2.05) is 6.92 Å². The van der Waals surface area contributed by atoms with Gasteiger partial charge in [0.1, 0.15) is 0 Å². The average Bonchev–Trinajstić information content (AvgIpc) is 2.38. The molecule has 2 rings (SSSR count). The number of nitrogens with one attached hydrogen (secondary N) is 1. The Kier molecular flexibility index (Phi) is 4.45. The molecule has 1 saturated carbocycles. The van der Waals surface area contributed by atoms with Crippen LogP contribution < -0.4 is 5.32 Å². The SMILES string of the molecule is CCNC1CCCC(c2cnccc2C(F)(F)F)C1. The van der Waals surface area contributed by atoms with Crippen LogP contribution in [0.25, 0.3) is 0 Å². The van der Waals surface area contributed by atoms with E-state index in [9.17, 15) is 13.2 Å². The van der Waals surface area contributed by atoms with Gasteiger partial charge in [0.25, 0.3) is 0 Å². The van der Waals surface area contributed by atoms with Gasteiger partial charge in [-0.1, -0.05) is 13.3 Å². The van der Waals surface area contributed by atoms with Crippen molar-refractivity contribution in [3.8, 4) is 0 Å². The fourth-order valence-corrected chi connectivity index (χ4v) is 2.94. The number of aromatic nitrogens is 1. The summed E-state index contributed by atoms with van der Waals surface area (Å²) in [5.41, 5.74) is -0.165. The van der Waals surface area contributed by atoms with Gasteiger partial charge < -0.3 is 5.32 Å². The lowest BCUT2D eigenvalue weighted by Gasteiger charge is -2.31. The monoisotopic (exact) mass is 272 g/mol. The number of alkyl halides is 3. The van der Waals surface area contributed by atoms with E-state index in [2.05, 4.69) is 10.3 Å². The molecule has 5 heteroatoms. The normalized spacial score (nSPS) is 24.4. The van der Waals surface area contributed by atoms with Gasteiger partial charge in [-0.15, -0.1) is 0 Å². The van der Waals surface area contributed by atoms with E-state index in [1.54, 1.807) is 0 Å². The Morgan fingerprint density at radius 1 is 1.37 bits per heavy atom. The molecule has 1 heterocycles. The number of nitrogens with zero attached hydrogens (tertiary/aromatic N) is 1. The van der Waals surface area contributed by atoms with Crippen molar-refractivity contribution >= 4 is 0 Å². The topological polar surface area (TPSA) is 24.9 Å². The highest BCUT2D eigenvalue weighted by atomic mass is 19.4. The smallest absolute Gasteiger partial charge is 0.314 e. The summed E-state index contributed by atoms with van der Waals surface area (Å²) in [6.07, 6.45) is 1.92. The van der Waals surface area contributed by atoms with Crippen molar-refractivity contribution in [3.05, 3.63) is 29.6 Å². The largest absolute Gasteiger partial charge is 0.416 e. The third-order valence-corrected chi connectivity index (χ3v) is 3.76. The van der Waals surface area contributed by atoms with Crippen LogP contribution in [0.2, 0.25) is 0 Å². The van der Waals surface area contributed by atoms with Crippen molar-refractivity contribution in [3.63, 3.8) is 0 Å². The minimum absolute atomic E-state index is 0.0388. The van der Waals surface area contributed by atoms with Crippen LogP contribution >= 0.6 is 0 Å². The zero-order valence-corrected chi connectivity index (χ0v) is 11.0. The Bertz CT molecular complexity index is 415. The summed E-state index contributed by atoms with van der Waals surface area (Å²) in [6.45, 7) is 2.88. The summed E-state index contributed by atoms with van der Waals surface area (Å²) in [4.78, 5) is 3.88. The van der Waals surface area contributed by atoms with E-state index >= 15 is 0 Å². The average molecular weight is 272 g/mol. The molecule has 0 saturated heterocycles. The molecule has 0 aromatic carbocycles. The van der Waals surface area contributed by atoms with Crippen LogP contribution in [-0.2, 0) is 6.18 Å². The van der Waals surface area contributed by atoms with Gasteiger partial charge in [0.2, 0.25) is 0 Å². The van der Waals surface area contributed by atoms with Crippen molar-refractivity contribution in [2.75, 3.05) is 6.54 Å². The first-order valence-electron chi connectivity index (χ1n) is 6.77.